The predicted molar refractivity (Wildman–Crippen MR) is 191 cm³/mol. The van der Waals surface area contributed by atoms with E-state index in [1.807, 2.05) is 20.8 Å². The van der Waals surface area contributed by atoms with Crippen LogP contribution in [0.5, 0.6) is 0 Å². The third-order valence-corrected chi connectivity index (χ3v) is 48.1. The maximum Gasteiger partial charge on any atom is 0.478 e. The van der Waals surface area contributed by atoms with Crippen molar-refractivity contribution in [3.8, 4) is 0 Å². The zero-order valence-corrected chi connectivity index (χ0v) is 39.8. The first-order valence-corrected chi connectivity index (χ1v) is 34.1. The monoisotopic (exact) mass is 802 g/mol. The van der Waals surface area contributed by atoms with Crippen LogP contribution >= 0.6 is 0 Å². The van der Waals surface area contributed by atoms with Crippen LogP contribution in [0.3, 0.4) is 0 Å². The van der Waals surface area contributed by atoms with Gasteiger partial charge in [0.25, 0.3) is 0 Å². The molecule has 0 spiro atoms. The molecule has 6 rings (SSSR count). The first-order chi connectivity index (χ1) is 21.8. The van der Waals surface area contributed by atoms with Crippen molar-refractivity contribution in [3.05, 3.63) is 0 Å². The molecule has 8 bridgehead atoms. The number of hydrogen-bond donors (Lipinski definition) is 0. The smallest absolute Gasteiger partial charge is 0.425 e. The molecule has 12 nitrogen and oxygen atoms in total. The lowest BCUT2D eigenvalue weighted by Crippen LogP contribution is -2.84. The van der Waals surface area contributed by atoms with Crippen LogP contribution in [0, 0.1) is 29.6 Å². The molecule has 13 atom stereocenters. The highest BCUT2D eigenvalue weighted by Gasteiger charge is 2.77. The summed E-state index contributed by atoms with van der Waals surface area (Å²) in [6.45, 7) is 19.3. The minimum atomic E-state index is -3.66. The van der Waals surface area contributed by atoms with E-state index in [9.17, 15) is 0 Å². The Bertz CT molecular complexity index is 1110. The van der Waals surface area contributed by atoms with Gasteiger partial charge in [0.05, 0.1) is 0 Å². The molecular formula is C25H58O12Si9. The Morgan fingerprint density at radius 1 is 0.587 bits per heavy atom. The Balaban J connectivity index is 1.52. The van der Waals surface area contributed by atoms with Gasteiger partial charge in [-0.1, -0.05) is 62.3 Å². The Labute approximate surface area is 289 Å². The molecule has 0 aromatic carbocycles. The fourth-order valence-corrected chi connectivity index (χ4v) is 56.6. The average molecular weight is 804 g/mol. The molecule has 0 radical (unpaired) electrons. The number of fused-ring (bicyclic) bond motifs is 6. The molecule has 46 heavy (non-hydrogen) atoms. The second-order valence-electron chi connectivity index (χ2n) is 14.0. The lowest BCUT2D eigenvalue weighted by atomic mass is 9.75. The Morgan fingerprint density at radius 2 is 1.04 bits per heavy atom. The van der Waals surface area contributed by atoms with Crippen molar-refractivity contribution >= 4 is 81.4 Å². The normalized spacial score (nSPS) is 53.4. The van der Waals surface area contributed by atoms with Crippen molar-refractivity contribution in [2.75, 3.05) is 0 Å². The number of rotatable bonds is 11. The van der Waals surface area contributed by atoms with E-state index in [-0.39, 0.29) is 0 Å². The molecule has 4 saturated heterocycles. The van der Waals surface area contributed by atoms with E-state index in [1.54, 1.807) is 0 Å². The van der Waals surface area contributed by atoms with Gasteiger partial charge in [-0.05, 0) is 54.9 Å². The lowest BCUT2D eigenvalue weighted by Gasteiger charge is -2.59. The molecule has 6 aliphatic rings. The van der Waals surface area contributed by atoms with Crippen LogP contribution in [0.15, 0.2) is 0 Å². The Hall–Kier alpha value is 1.47. The maximum atomic E-state index is 7.50. The minimum absolute atomic E-state index is 0.410. The summed E-state index contributed by atoms with van der Waals surface area (Å²) in [6.07, 6.45) is 3.55. The van der Waals surface area contributed by atoms with Crippen LogP contribution in [0.2, 0.25) is 48.4 Å². The fraction of sp³-hybridized carbons (Fsp3) is 1.00. The van der Waals surface area contributed by atoms with Crippen LogP contribution in [0.25, 0.3) is 0 Å². The second kappa shape index (κ2) is 13.5. The van der Waals surface area contributed by atoms with Crippen LogP contribution < -0.4 is 0 Å². The van der Waals surface area contributed by atoms with Crippen molar-refractivity contribution in [2.45, 2.75) is 130 Å². The van der Waals surface area contributed by atoms with E-state index in [1.165, 1.54) is 12.8 Å². The van der Waals surface area contributed by atoms with E-state index < -0.39 is 70.9 Å². The standard InChI is InChI=1S/C25H58O12Si9/c1-10-39-27-41(12-3)31-42(13-4)29-40(11-2,26-38)30-43(14-5)34-45(16-7,33-42)35-44(15-6,32-41)37-46(28-39,36-43)18-17-23-19-24-20-25(23)22(9)21(24)8/h21-25,39H,10-20H2,1-9,38H3. The van der Waals surface area contributed by atoms with E-state index in [2.05, 4.69) is 41.5 Å². The predicted octanol–water partition coefficient (Wildman–Crippen LogP) is 4.77. The Morgan fingerprint density at radius 3 is 1.46 bits per heavy atom. The van der Waals surface area contributed by atoms with Crippen LogP contribution in [-0.4, -0.2) is 81.4 Å². The van der Waals surface area contributed by atoms with Gasteiger partial charge in [-0.3, -0.25) is 0 Å². The van der Waals surface area contributed by atoms with E-state index in [4.69, 9.17) is 49.4 Å². The molecule has 0 N–H and O–H groups in total. The largest absolute Gasteiger partial charge is 0.478 e. The summed E-state index contributed by atoms with van der Waals surface area (Å²) in [7, 11) is -27.0. The van der Waals surface area contributed by atoms with Gasteiger partial charge in [0.1, 0.15) is 10.5 Å². The topological polar surface area (TPSA) is 111 Å². The van der Waals surface area contributed by atoms with E-state index >= 15 is 0 Å². The molecule has 13 unspecified atom stereocenters. The summed E-state index contributed by atoms with van der Waals surface area (Å²) in [5.74, 6) is 3.65. The quantitative estimate of drug-likeness (QED) is 0.269. The van der Waals surface area contributed by atoms with Crippen LogP contribution in [0.4, 0.5) is 0 Å². The molecule has 21 heteroatoms. The fourth-order valence-electron chi connectivity index (χ4n) is 8.55. The second-order valence-corrected chi connectivity index (χ2v) is 40.9. The molecule has 4 aliphatic heterocycles. The first-order valence-electron chi connectivity index (χ1n) is 18.0. The lowest BCUT2D eigenvalue weighted by molar-refractivity contribution is 0.00332. The van der Waals surface area contributed by atoms with Gasteiger partial charge in [0, 0.05) is 42.3 Å². The molecule has 4 heterocycles. The molecule has 0 aromatic rings. The van der Waals surface area contributed by atoms with Gasteiger partial charge in [-0.15, -0.1) is 0 Å². The highest BCUT2D eigenvalue weighted by Crippen LogP contribution is 2.57. The van der Waals surface area contributed by atoms with Crippen molar-refractivity contribution < 1.29 is 49.4 Å². The van der Waals surface area contributed by atoms with Crippen molar-refractivity contribution in [1.82, 2.24) is 0 Å². The molecule has 2 aliphatic carbocycles. The summed E-state index contributed by atoms with van der Waals surface area (Å²) in [5, 5.41) is 0. The molecule has 0 aromatic heterocycles. The zero-order valence-electron chi connectivity index (χ0n) is 29.6. The molecule has 2 saturated carbocycles. The van der Waals surface area contributed by atoms with Crippen molar-refractivity contribution in [3.63, 3.8) is 0 Å². The van der Waals surface area contributed by atoms with Gasteiger partial charge < -0.3 is 49.4 Å². The summed E-state index contributed by atoms with van der Waals surface area (Å²) < 4.78 is 86.5. The molecule has 266 valence electrons. The highest BCUT2D eigenvalue weighted by atomic mass is 28.6. The summed E-state index contributed by atoms with van der Waals surface area (Å²) in [4.78, 5) is 0. The van der Waals surface area contributed by atoms with Crippen LogP contribution in [0.1, 0.15) is 81.6 Å². The van der Waals surface area contributed by atoms with E-state index in [0.29, 0.717) is 64.8 Å². The molecule has 0 amide bonds. The Kier molecular flexibility index (Phi) is 10.9. The summed E-state index contributed by atoms with van der Waals surface area (Å²) in [6, 6.07) is 4.33. The molecule has 6 fully saturated rings. The SMILES string of the molecule is CC[SiH]1O[Si]2(CC)O[Si]3(CC)O[Si](CC)(O[SiH3])O[Si]4(CC)O[Si](CCC5CC6CC5C(C)C6C)(O1)O[Si](CC)(O2)O[Si](CC)(O3)O4. The average Bonchev–Trinajstić information content (AvgIpc) is 3.58. The van der Waals surface area contributed by atoms with Crippen molar-refractivity contribution in [2.24, 2.45) is 29.6 Å². The van der Waals surface area contributed by atoms with E-state index in [0.717, 1.165) is 30.1 Å². The first kappa shape index (κ1) is 37.2. The highest BCUT2D eigenvalue weighted by molar-refractivity contribution is 7.00. The van der Waals surface area contributed by atoms with Gasteiger partial charge in [-0.25, -0.2) is 0 Å². The van der Waals surface area contributed by atoms with Crippen molar-refractivity contribution in [1.29, 1.82) is 0 Å². The third kappa shape index (κ3) is 6.41. The van der Waals surface area contributed by atoms with Gasteiger partial charge in [0.15, 0.2) is 0 Å². The third-order valence-electron chi connectivity index (χ3n) is 11.5. The minimum Gasteiger partial charge on any atom is -0.425 e. The van der Waals surface area contributed by atoms with Crippen LogP contribution in [-0.2, 0) is 49.4 Å². The van der Waals surface area contributed by atoms with Gasteiger partial charge in [-0.2, -0.15) is 0 Å². The van der Waals surface area contributed by atoms with Gasteiger partial charge in [0.2, 0.25) is 0 Å². The zero-order chi connectivity index (χ0) is 33.2. The summed E-state index contributed by atoms with van der Waals surface area (Å²) >= 11 is 0. The van der Waals surface area contributed by atoms with Gasteiger partial charge >= 0.3 is 70.9 Å². The summed E-state index contributed by atoms with van der Waals surface area (Å²) in [5.41, 5.74) is 0. The molecular weight excluding hydrogens is 745 g/mol. The maximum absolute atomic E-state index is 7.50. The number of hydrogen-bond acceptors (Lipinski definition) is 12.